The molecule has 2 aromatic carbocycles. The highest BCUT2D eigenvalue weighted by molar-refractivity contribution is 7.80. The molecule has 3 amide bonds. The highest BCUT2D eigenvalue weighted by atomic mass is 32.3. The number of nitrogens with zero attached hydrogens (tertiary/aromatic N) is 2. The summed E-state index contributed by atoms with van der Waals surface area (Å²) in [5, 5.41) is 12.5. The Kier molecular flexibility index (Phi) is 5.00. The molecule has 0 saturated carbocycles. The smallest absolute Gasteiger partial charge is 0.418 e. The molecule has 1 saturated heterocycles. The Morgan fingerprint density at radius 1 is 1.10 bits per heavy atom. The summed E-state index contributed by atoms with van der Waals surface area (Å²) in [7, 11) is -5.09. The Morgan fingerprint density at radius 2 is 1.81 bits per heavy atom. The van der Waals surface area contributed by atoms with E-state index in [4.69, 9.17) is 9.29 Å². The predicted octanol–water partition coefficient (Wildman–Crippen LogP) is 1.95. The van der Waals surface area contributed by atoms with Crippen LogP contribution >= 0.6 is 0 Å². The lowest BCUT2D eigenvalue weighted by atomic mass is 9.90. The topological polar surface area (TPSA) is 163 Å². The second kappa shape index (κ2) is 7.54. The number of benzene rings is 2. The number of ether oxygens (including phenoxy) is 1. The van der Waals surface area contributed by atoms with Crippen LogP contribution in [-0.4, -0.2) is 52.7 Å². The van der Waals surface area contributed by atoms with Gasteiger partial charge in [0.1, 0.15) is 11.8 Å². The normalized spacial score (nSPS) is 19.7. The molecule has 0 unspecified atom stereocenters. The number of carboxylic acids is 1. The zero-order valence-electron chi connectivity index (χ0n) is 15.5. The lowest BCUT2D eigenvalue weighted by Crippen LogP contribution is -2.38. The van der Waals surface area contributed by atoms with Crippen LogP contribution < -0.4 is 10.1 Å². The van der Waals surface area contributed by atoms with E-state index in [0.29, 0.717) is 10.8 Å². The summed E-state index contributed by atoms with van der Waals surface area (Å²) in [6, 6.07) is 8.90. The number of urea groups is 1. The van der Waals surface area contributed by atoms with E-state index in [2.05, 4.69) is 9.60 Å². The van der Waals surface area contributed by atoms with Crippen LogP contribution in [0.5, 0.6) is 5.75 Å². The molecule has 3 N–H and O–H groups in total. The van der Waals surface area contributed by atoms with E-state index in [9.17, 15) is 27.9 Å². The van der Waals surface area contributed by atoms with Crippen molar-refractivity contribution in [3.05, 3.63) is 59.7 Å². The van der Waals surface area contributed by atoms with E-state index < -0.39 is 40.6 Å². The van der Waals surface area contributed by atoms with Gasteiger partial charge in [-0.2, -0.15) is 13.5 Å². The summed E-state index contributed by atoms with van der Waals surface area (Å²) in [5.74, 6) is -1.48. The number of carbonyl (C=O) groups excluding carboxylic acids is 2. The standard InChI is InChI=1S/C18H15N3O9S/c22-16(23)15-11-7-4-8-13(29-17(24)19-10-5-2-1-3-6-10)14(11)12-9-20(15)18(25)21(12)30-31(26,27)28/h1-8,12,15H,9H2,(H,19,24)(H,22,23)(H,26,27,28)/t12-,15+/m0/s1. The number of hydroxylamine groups is 2. The second-order valence-corrected chi connectivity index (χ2v) is 7.66. The van der Waals surface area contributed by atoms with Crippen LogP contribution in [0.15, 0.2) is 48.5 Å². The first-order valence-corrected chi connectivity index (χ1v) is 10.2. The van der Waals surface area contributed by atoms with Crippen LogP contribution in [0.1, 0.15) is 23.2 Å². The SMILES string of the molecule is O=C(Nc1ccccc1)Oc1cccc2c1[C@@H]1CN(C(=O)N1OS(=O)(=O)O)[C@H]2C(=O)O. The Balaban J connectivity index is 1.73. The molecule has 2 aliphatic rings. The van der Waals surface area contributed by atoms with Crippen molar-refractivity contribution in [2.45, 2.75) is 12.1 Å². The maximum atomic E-state index is 12.6. The van der Waals surface area contributed by atoms with Gasteiger partial charge in [0.25, 0.3) is 0 Å². The minimum atomic E-state index is -5.09. The summed E-state index contributed by atoms with van der Waals surface area (Å²) in [5.41, 5.74) is 0.631. The van der Waals surface area contributed by atoms with Gasteiger partial charge in [-0.05, 0) is 23.8 Å². The summed E-state index contributed by atoms with van der Waals surface area (Å²) >= 11 is 0. The number of carbonyl (C=O) groups is 3. The molecule has 1 fully saturated rings. The van der Waals surface area contributed by atoms with Crippen LogP contribution in [0, 0.1) is 0 Å². The van der Waals surface area contributed by atoms with Crippen molar-refractivity contribution < 1.29 is 41.5 Å². The number of carboxylic acid groups (broad SMARTS) is 1. The van der Waals surface area contributed by atoms with Crippen LogP contribution in [0.4, 0.5) is 15.3 Å². The van der Waals surface area contributed by atoms with Crippen LogP contribution in [0.3, 0.4) is 0 Å². The largest absolute Gasteiger partial charge is 0.479 e. The molecule has 162 valence electrons. The maximum absolute atomic E-state index is 12.6. The molecule has 2 aromatic rings. The van der Waals surface area contributed by atoms with Gasteiger partial charge in [-0.3, -0.25) is 9.87 Å². The van der Waals surface area contributed by atoms with Gasteiger partial charge in [-0.25, -0.2) is 14.4 Å². The fourth-order valence-corrected chi connectivity index (χ4v) is 4.02. The summed E-state index contributed by atoms with van der Waals surface area (Å²) < 4.78 is 41.2. The van der Waals surface area contributed by atoms with E-state index in [1.54, 1.807) is 30.3 Å². The first kappa shape index (κ1) is 20.6. The highest BCUT2D eigenvalue weighted by Gasteiger charge is 2.53. The fourth-order valence-electron chi connectivity index (χ4n) is 3.65. The maximum Gasteiger partial charge on any atom is 0.418 e. The third-order valence-corrected chi connectivity index (χ3v) is 5.11. The second-order valence-electron chi connectivity index (χ2n) is 6.66. The number of hydrogen-bond acceptors (Lipinski definition) is 7. The third-order valence-electron chi connectivity index (χ3n) is 4.76. The molecule has 12 nitrogen and oxygen atoms in total. The number of aliphatic carboxylic acids is 1. The third kappa shape index (κ3) is 3.88. The number of para-hydroxylation sites is 1. The van der Waals surface area contributed by atoms with Crippen molar-refractivity contribution in [3.63, 3.8) is 0 Å². The van der Waals surface area contributed by atoms with Crippen molar-refractivity contribution in [1.29, 1.82) is 0 Å². The molecule has 2 atom stereocenters. The van der Waals surface area contributed by atoms with Crippen LogP contribution in [0.25, 0.3) is 0 Å². The van der Waals surface area contributed by atoms with Gasteiger partial charge in [0.05, 0.1) is 6.54 Å². The molecule has 0 aliphatic carbocycles. The lowest BCUT2D eigenvalue weighted by molar-refractivity contribution is -0.142. The molecule has 4 rings (SSSR count). The predicted molar refractivity (Wildman–Crippen MR) is 102 cm³/mol. The van der Waals surface area contributed by atoms with Crippen LogP contribution in [-0.2, 0) is 19.5 Å². The summed E-state index contributed by atoms with van der Waals surface area (Å²) in [4.78, 5) is 37.7. The zero-order valence-corrected chi connectivity index (χ0v) is 16.4. The molecular weight excluding hydrogens is 434 g/mol. The Labute approximate surface area is 175 Å². The zero-order chi connectivity index (χ0) is 22.3. The van der Waals surface area contributed by atoms with Crippen LogP contribution in [0.2, 0.25) is 0 Å². The molecule has 0 aromatic heterocycles. The Morgan fingerprint density at radius 3 is 2.45 bits per heavy atom. The van der Waals surface area contributed by atoms with Gasteiger partial charge >= 0.3 is 28.5 Å². The monoisotopic (exact) mass is 449 g/mol. The van der Waals surface area contributed by atoms with Crippen molar-refractivity contribution in [3.8, 4) is 5.75 Å². The van der Waals surface area contributed by atoms with Crippen molar-refractivity contribution in [2.24, 2.45) is 0 Å². The first-order valence-electron chi connectivity index (χ1n) is 8.82. The van der Waals surface area contributed by atoms with E-state index in [1.165, 1.54) is 18.2 Å². The van der Waals surface area contributed by atoms with Crippen molar-refractivity contribution >= 4 is 34.2 Å². The van der Waals surface area contributed by atoms with Gasteiger partial charge in [-0.1, -0.05) is 30.3 Å². The van der Waals surface area contributed by atoms with Gasteiger partial charge in [0.2, 0.25) is 0 Å². The number of nitrogens with one attached hydrogen (secondary N) is 1. The molecule has 0 spiro atoms. The molecule has 13 heteroatoms. The van der Waals surface area contributed by atoms with E-state index in [-0.39, 0.29) is 23.4 Å². The van der Waals surface area contributed by atoms with Gasteiger partial charge < -0.3 is 14.7 Å². The molecular formula is C18H15N3O9S. The molecule has 2 bridgehead atoms. The van der Waals surface area contributed by atoms with E-state index in [0.717, 1.165) is 4.90 Å². The average molecular weight is 449 g/mol. The van der Waals surface area contributed by atoms with E-state index >= 15 is 0 Å². The molecule has 31 heavy (non-hydrogen) atoms. The average Bonchev–Trinajstić information content (AvgIpc) is 2.94. The minimum absolute atomic E-state index is 0.0730. The number of hydrogen-bond donors (Lipinski definition) is 3. The summed E-state index contributed by atoms with van der Waals surface area (Å²) in [6.07, 6.45) is -0.888. The fraction of sp³-hybridized carbons (Fsp3) is 0.167. The number of fused-ring (bicyclic) bond motifs is 4. The van der Waals surface area contributed by atoms with Gasteiger partial charge in [0, 0.05) is 11.3 Å². The number of amides is 3. The molecule has 0 radical (unpaired) electrons. The quantitative estimate of drug-likeness (QED) is 0.579. The molecule has 2 heterocycles. The van der Waals surface area contributed by atoms with Crippen molar-refractivity contribution in [1.82, 2.24) is 9.96 Å². The Hall–Kier alpha value is -3.68. The summed E-state index contributed by atoms with van der Waals surface area (Å²) in [6.45, 7) is -0.265. The van der Waals surface area contributed by atoms with Gasteiger partial charge in [0.15, 0.2) is 6.04 Å². The van der Waals surface area contributed by atoms with Gasteiger partial charge in [-0.15, -0.1) is 4.28 Å². The minimum Gasteiger partial charge on any atom is -0.479 e. The number of rotatable bonds is 5. The highest BCUT2D eigenvalue weighted by Crippen LogP contribution is 2.47. The first-order chi connectivity index (χ1) is 14.7. The molecule has 2 aliphatic heterocycles. The van der Waals surface area contributed by atoms with E-state index in [1.807, 2.05) is 0 Å². The lowest BCUT2D eigenvalue weighted by Gasteiger charge is -2.31. The number of anilines is 1. The Bertz CT molecular complexity index is 1170. The van der Waals surface area contributed by atoms with Crippen molar-refractivity contribution in [2.75, 3.05) is 11.9 Å².